The van der Waals surface area contributed by atoms with Crippen LogP contribution >= 0.6 is 0 Å². The van der Waals surface area contributed by atoms with E-state index in [4.69, 9.17) is 0 Å². The van der Waals surface area contributed by atoms with Gasteiger partial charge in [0.15, 0.2) is 0 Å². The van der Waals surface area contributed by atoms with Crippen LogP contribution in [0.15, 0.2) is 12.3 Å². The maximum atomic E-state index is 4.26. The zero-order valence-electron chi connectivity index (χ0n) is 12.1. The van der Waals surface area contributed by atoms with Crippen LogP contribution in [0, 0.1) is 0 Å². The average Bonchev–Trinajstić information content (AvgIpc) is 2.95. The second-order valence-electron chi connectivity index (χ2n) is 6.24. The van der Waals surface area contributed by atoms with E-state index in [1.807, 2.05) is 17.9 Å². The lowest BCUT2D eigenvalue weighted by molar-refractivity contribution is 0.211. The van der Waals surface area contributed by atoms with Crippen molar-refractivity contribution in [3.63, 3.8) is 0 Å². The van der Waals surface area contributed by atoms with Crippen molar-refractivity contribution in [2.75, 3.05) is 26.2 Å². The van der Waals surface area contributed by atoms with Crippen molar-refractivity contribution in [1.29, 1.82) is 0 Å². The van der Waals surface area contributed by atoms with E-state index >= 15 is 0 Å². The molecule has 0 bridgehead atoms. The molecule has 1 aromatic rings. The first kappa shape index (κ1) is 13.1. The fourth-order valence-corrected chi connectivity index (χ4v) is 3.72. The van der Waals surface area contributed by atoms with Gasteiger partial charge in [-0.25, -0.2) is 0 Å². The number of aryl methyl sites for hydroxylation is 1. The fraction of sp³-hybridized carbons (Fsp3) is 0.800. The highest BCUT2D eigenvalue weighted by Gasteiger charge is 2.36. The zero-order chi connectivity index (χ0) is 13.1. The summed E-state index contributed by atoms with van der Waals surface area (Å²) in [5.41, 5.74) is 1.78. The fourth-order valence-electron chi connectivity index (χ4n) is 3.72. The average molecular weight is 262 g/mol. The van der Waals surface area contributed by atoms with Crippen molar-refractivity contribution < 1.29 is 0 Å². The van der Waals surface area contributed by atoms with Crippen LogP contribution < -0.4 is 5.32 Å². The Morgan fingerprint density at radius 2 is 2.16 bits per heavy atom. The van der Waals surface area contributed by atoms with E-state index in [2.05, 4.69) is 21.4 Å². The molecule has 2 aliphatic rings. The van der Waals surface area contributed by atoms with Crippen molar-refractivity contribution in [3.05, 3.63) is 18.0 Å². The Labute approximate surface area is 116 Å². The molecule has 0 aromatic carbocycles. The second-order valence-corrected chi connectivity index (χ2v) is 6.24. The lowest BCUT2D eigenvalue weighted by atomic mass is 9.97. The van der Waals surface area contributed by atoms with E-state index in [0.29, 0.717) is 5.54 Å². The van der Waals surface area contributed by atoms with Crippen LogP contribution in [0.5, 0.6) is 0 Å². The van der Waals surface area contributed by atoms with E-state index in [0.717, 1.165) is 6.42 Å². The Kier molecular flexibility index (Phi) is 3.89. The van der Waals surface area contributed by atoms with Crippen molar-refractivity contribution in [2.45, 2.75) is 44.1 Å². The molecule has 1 aliphatic carbocycles. The van der Waals surface area contributed by atoms with Gasteiger partial charge in [0.2, 0.25) is 0 Å². The summed E-state index contributed by atoms with van der Waals surface area (Å²) < 4.78 is 2.00. The van der Waals surface area contributed by atoms with Crippen LogP contribution in [-0.4, -0.2) is 46.4 Å². The van der Waals surface area contributed by atoms with Crippen LogP contribution in [0.25, 0.3) is 0 Å². The van der Waals surface area contributed by atoms with Gasteiger partial charge in [-0.1, -0.05) is 12.8 Å². The van der Waals surface area contributed by atoms with Gasteiger partial charge in [-0.3, -0.25) is 4.68 Å². The Bertz CT molecular complexity index is 406. The molecule has 1 aromatic heterocycles. The summed E-state index contributed by atoms with van der Waals surface area (Å²) in [6, 6.07) is 2.14. The SMILES string of the molecule is Cn1nccc1CCN1CCCNC2(CCCC2)C1. The number of rotatable bonds is 3. The molecule has 2 fully saturated rings. The van der Waals surface area contributed by atoms with Gasteiger partial charge in [-0.2, -0.15) is 5.10 Å². The number of nitrogens with one attached hydrogen (secondary N) is 1. The zero-order valence-corrected chi connectivity index (χ0v) is 12.1. The molecule has 0 atom stereocenters. The van der Waals surface area contributed by atoms with Gasteiger partial charge in [-0.05, 0) is 38.4 Å². The van der Waals surface area contributed by atoms with Crippen molar-refractivity contribution >= 4 is 0 Å². The minimum atomic E-state index is 0.433. The Morgan fingerprint density at radius 3 is 2.89 bits per heavy atom. The molecule has 0 radical (unpaired) electrons. The summed E-state index contributed by atoms with van der Waals surface area (Å²) in [4.78, 5) is 2.66. The third kappa shape index (κ3) is 3.00. The van der Waals surface area contributed by atoms with E-state index in [-0.39, 0.29) is 0 Å². The number of nitrogens with zero attached hydrogens (tertiary/aromatic N) is 3. The van der Waals surface area contributed by atoms with Crippen LogP contribution in [0.4, 0.5) is 0 Å². The molecule has 0 amide bonds. The molecule has 1 saturated carbocycles. The number of aromatic nitrogens is 2. The first-order valence-electron chi connectivity index (χ1n) is 7.72. The first-order valence-corrected chi connectivity index (χ1v) is 7.72. The molecule has 4 nitrogen and oxygen atoms in total. The molecule has 19 heavy (non-hydrogen) atoms. The van der Waals surface area contributed by atoms with Crippen LogP contribution in [0.3, 0.4) is 0 Å². The second kappa shape index (κ2) is 5.63. The Hall–Kier alpha value is -0.870. The summed E-state index contributed by atoms with van der Waals surface area (Å²) in [6.45, 7) is 4.85. The summed E-state index contributed by atoms with van der Waals surface area (Å²) in [7, 11) is 2.04. The number of hydrogen-bond acceptors (Lipinski definition) is 3. The monoisotopic (exact) mass is 262 g/mol. The highest BCUT2D eigenvalue weighted by atomic mass is 15.3. The first-order chi connectivity index (χ1) is 9.27. The minimum absolute atomic E-state index is 0.433. The maximum Gasteiger partial charge on any atom is 0.0492 e. The van der Waals surface area contributed by atoms with Gasteiger partial charge in [0.05, 0.1) is 0 Å². The Balaban J connectivity index is 1.59. The van der Waals surface area contributed by atoms with Crippen molar-refractivity contribution in [3.8, 4) is 0 Å². The predicted molar refractivity (Wildman–Crippen MR) is 77.2 cm³/mol. The highest BCUT2D eigenvalue weighted by molar-refractivity contribution is 5.02. The van der Waals surface area contributed by atoms with Gasteiger partial charge >= 0.3 is 0 Å². The van der Waals surface area contributed by atoms with Crippen molar-refractivity contribution in [2.24, 2.45) is 7.05 Å². The standard InChI is InChI=1S/C15H26N4/c1-18-14(5-10-17-18)6-12-19-11-4-9-16-15(13-19)7-2-3-8-15/h5,10,16H,2-4,6-9,11-13H2,1H3. The third-order valence-electron chi connectivity index (χ3n) is 4.84. The molecule has 4 heteroatoms. The van der Waals surface area contributed by atoms with Gasteiger partial charge in [-0.15, -0.1) is 0 Å². The Morgan fingerprint density at radius 1 is 1.32 bits per heavy atom. The molecule has 1 saturated heterocycles. The minimum Gasteiger partial charge on any atom is -0.310 e. The maximum absolute atomic E-state index is 4.26. The molecule has 0 unspecified atom stereocenters. The van der Waals surface area contributed by atoms with Crippen LogP contribution in [-0.2, 0) is 13.5 Å². The highest BCUT2D eigenvalue weighted by Crippen LogP contribution is 2.31. The molecular formula is C15H26N4. The lowest BCUT2D eigenvalue weighted by Crippen LogP contribution is -2.49. The molecule has 1 N–H and O–H groups in total. The molecule has 2 heterocycles. The molecule has 1 spiro atoms. The topological polar surface area (TPSA) is 33.1 Å². The summed E-state index contributed by atoms with van der Waals surface area (Å²) in [5, 5.41) is 8.09. The van der Waals surface area contributed by atoms with Gasteiger partial charge in [0.1, 0.15) is 0 Å². The van der Waals surface area contributed by atoms with E-state index in [1.54, 1.807) is 0 Å². The summed E-state index contributed by atoms with van der Waals surface area (Å²) in [5.74, 6) is 0. The van der Waals surface area contributed by atoms with E-state index in [9.17, 15) is 0 Å². The predicted octanol–water partition coefficient (Wildman–Crippen LogP) is 1.57. The molecule has 3 rings (SSSR count). The number of hydrogen-bond donors (Lipinski definition) is 1. The van der Waals surface area contributed by atoms with Crippen molar-refractivity contribution in [1.82, 2.24) is 20.0 Å². The normalized spacial score (nSPS) is 23.8. The molecule has 1 aliphatic heterocycles. The van der Waals surface area contributed by atoms with E-state index in [1.165, 1.54) is 64.0 Å². The lowest BCUT2D eigenvalue weighted by Gasteiger charge is -2.33. The summed E-state index contributed by atoms with van der Waals surface area (Å²) >= 11 is 0. The smallest absolute Gasteiger partial charge is 0.0492 e. The van der Waals surface area contributed by atoms with Crippen LogP contribution in [0.2, 0.25) is 0 Å². The summed E-state index contributed by atoms with van der Waals surface area (Å²) in [6.07, 6.45) is 9.85. The van der Waals surface area contributed by atoms with Gasteiger partial charge in [0, 0.05) is 44.0 Å². The molecular weight excluding hydrogens is 236 g/mol. The molecule has 106 valence electrons. The van der Waals surface area contributed by atoms with E-state index < -0.39 is 0 Å². The quantitative estimate of drug-likeness (QED) is 0.897. The van der Waals surface area contributed by atoms with Gasteiger partial charge in [0.25, 0.3) is 0 Å². The largest absolute Gasteiger partial charge is 0.310 e. The van der Waals surface area contributed by atoms with Gasteiger partial charge < -0.3 is 10.2 Å². The van der Waals surface area contributed by atoms with Crippen LogP contribution in [0.1, 0.15) is 37.8 Å². The third-order valence-corrected chi connectivity index (χ3v) is 4.84.